The highest BCUT2D eigenvalue weighted by atomic mass is 16.5. The normalized spacial score (nSPS) is 14.1. The molecule has 0 spiro atoms. The Hall–Kier alpha value is -3.55. The molecule has 0 aliphatic carbocycles. The number of para-hydroxylation sites is 2. The molecule has 1 aliphatic rings. The minimum absolute atomic E-state index is 0.0405. The lowest BCUT2D eigenvalue weighted by atomic mass is 10.1. The van der Waals surface area contributed by atoms with E-state index in [1.54, 1.807) is 47.2 Å². The minimum atomic E-state index is -0.460. The van der Waals surface area contributed by atoms with Gasteiger partial charge in [0, 0.05) is 44.7 Å². The van der Waals surface area contributed by atoms with Gasteiger partial charge >= 0.3 is 5.76 Å². The molecule has 2 aromatic carbocycles. The number of ether oxygens (including phenoxy) is 1. The van der Waals surface area contributed by atoms with Gasteiger partial charge in [0.05, 0.1) is 12.6 Å². The van der Waals surface area contributed by atoms with Crippen molar-refractivity contribution >= 4 is 22.9 Å². The standard InChI is InChI=1S/C23H25N3O5/c1-16-7-8-17(15-20(16)30-2)22(28)25-13-11-24(12-14-25)21(27)9-10-26-18-5-3-4-6-19(18)31-23(26)29/h3-8,15H,9-14H2,1-2H3. The summed E-state index contributed by atoms with van der Waals surface area (Å²) in [6.45, 7) is 4.06. The van der Waals surface area contributed by atoms with Crippen LogP contribution in [-0.2, 0) is 11.3 Å². The number of fused-ring (bicyclic) bond motifs is 1. The molecule has 8 heteroatoms. The molecule has 2 amide bonds. The summed E-state index contributed by atoms with van der Waals surface area (Å²) in [5, 5.41) is 0. The Morgan fingerprint density at radius 3 is 2.48 bits per heavy atom. The summed E-state index contributed by atoms with van der Waals surface area (Å²) < 4.78 is 12.0. The fourth-order valence-electron chi connectivity index (χ4n) is 3.89. The molecule has 162 valence electrons. The van der Waals surface area contributed by atoms with Crippen LogP contribution in [-0.4, -0.2) is 59.5 Å². The number of carbonyl (C=O) groups excluding carboxylic acids is 2. The summed E-state index contributed by atoms with van der Waals surface area (Å²) in [5.74, 6) is 0.114. The smallest absolute Gasteiger partial charge is 0.419 e. The molecule has 0 atom stereocenters. The van der Waals surface area contributed by atoms with E-state index in [1.165, 1.54) is 4.57 Å². The average molecular weight is 423 g/mol. The summed E-state index contributed by atoms with van der Waals surface area (Å²) in [7, 11) is 1.58. The Bertz CT molecular complexity index is 1170. The fourth-order valence-corrected chi connectivity index (χ4v) is 3.89. The molecule has 2 heterocycles. The van der Waals surface area contributed by atoms with E-state index in [9.17, 15) is 14.4 Å². The van der Waals surface area contributed by atoms with Gasteiger partial charge in [-0.1, -0.05) is 18.2 Å². The van der Waals surface area contributed by atoms with Crippen molar-refractivity contribution < 1.29 is 18.7 Å². The summed E-state index contributed by atoms with van der Waals surface area (Å²) in [5.41, 5.74) is 2.75. The monoisotopic (exact) mass is 423 g/mol. The van der Waals surface area contributed by atoms with Crippen molar-refractivity contribution in [2.75, 3.05) is 33.3 Å². The lowest BCUT2D eigenvalue weighted by Crippen LogP contribution is -2.50. The number of hydrogen-bond donors (Lipinski definition) is 0. The molecule has 3 aromatic rings. The largest absolute Gasteiger partial charge is 0.496 e. The number of methoxy groups -OCH3 is 1. The highest BCUT2D eigenvalue weighted by Crippen LogP contribution is 2.20. The first-order valence-corrected chi connectivity index (χ1v) is 10.3. The average Bonchev–Trinajstić information content (AvgIpc) is 3.12. The number of hydrogen-bond acceptors (Lipinski definition) is 5. The first kappa shape index (κ1) is 20.7. The quantitative estimate of drug-likeness (QED) is 0.629. The maximum absolute atomic E-state index is 12.8. The van der Waals surface area contributed by atoms with Crippen molar-refractivity contribution in [3.8, 4) is 5.75 Å². The van der Waals surface area contributed by atoms with E-state index in [0.717, 1.165) is 5.56 Å². The molecule has 1 aromatic heterocycles. The number of rotatable bonds is 5. The van der Waals surface area contributed by atoms with E-state index in [0.29, 0.717) is 48.6 Å². The van der Waals surface area contributed by atoms with Gasteiger partial charge in [0.2, 0.25) is 5.91 Å². The lowest BCUT2D eigenvalue weighted by Gasteiger charge is -2.35. The van der Waals surface area contributed by atoms with Crippen molar-refractivity contribution in [3.05, 3.63) is 64.1 Å². The number of oxazole rings is 1. The minimum Gasteiger partial charge on any atom is -0.496 e. The number of aryl methyl sites for hydroxylation is 2. The number of carbonyl (C=O) groups is 2. The Morgan fingerprint density at radius 1 is 1.03 bits per heavy atom. The van der Waals surface area contributed by atoms with Gasteiger partial charge in [0.25, 0.3) is 5.91 Å². The highest BCUT2D eigenvalue weighted by molar-refractivity contribution is 5.95. The van der Waals surface area contributed by atoms with E-state index >= 15 is 0 Å². The summed E-state index contributed by atoms with van der Waals surface area (Å²) in [4.78, 5) is 41.0. The van der Waals surface area contributed by atoms with Crippen LogP contribution in [0.25, 0.3) is 11.1 Å². The zero-order valence-corrected chi connectivity index (χ0v) is 17.7. The Kier molecular flexibility index (Phi) is 5.79. The molecule has 1 fully saturated rings. The summed E-state index contributed by atoms with van der Waals surface area (Å²) in [6, 6.07) is 12.6. The Labute approximate surface area is 179 Å². The van der Waals surface area contributed by atoms with E-state index in [4.69, 9.17) is 9.15 Å². The van der Waals surface area contributed by atoms with Crippen LogP contribution in [0.4, 0.5) is 0 Å². The molecule has 0 N–H and O–H groups in total. The van der Waals surface area contributed by atoms with Crippen molar-refractivity contribution in [2.45, 2.75) is 19.9 Å². The van der Waals surface area contributed by atoms with Crippen molar-refractivity contribution in [1.82, 2.24) is 14.4 Å². The molecule has 0 unspecified atom stereocenters. The summed E-state index contributed by atoms with van der Waals surface area (Å²) >= 11 is 0. The van der Waals surface area contributed by atoms with E-state index in [2.05, 4.69) is 0 Å². The van der Waals surface area contributed by atoms with Gasteiger partial charge in [-0.25, -0.2) is 4.79 Å². The lowest BCUT2D eigenvalue weighted by molar-refractivity contribution is -0.132. The third-order valence-electron chi connectivity index (χ3n) is 5.70. The number of piperazine rings is 1. The predicted octanol–water partition coefficient (Wildman–Crippen LogP) is 2.29. The molecular weight excluding hydrogens is 398 g/mol. The van der Waals surface area contributed by atoms with Gasteiger partial charge in [-0.15, -0.1) is 0 Å². The van der Waals surface area contributed by atoms with Crippen LogP contribution in [0.2, 0.25) is 0 Å². The van der Waals surface area contributed by atoms with Gasteiger partial charge in [-0.3, -0.25) is 14.2 Å². The molecule has 1 saturated heterocycles. The second kappa shape index (κ2) is 8.67. The number of amides is 2. The second-order valence-electron chi connectivity index (χ2n) is 7.59. The zero-order chi connectivity index (χ0) is 22.0. The van der Waals surface area contributed by atoms with Crippen LogP contribution in [0.3, 0.4) is 0 Å². The van der Waals surface area contributed by atoms with Crippen LogP contribution >= 0.6 is 0 Å². The van der Waals surface area contributed by atoms with Gasteiger partial charge < -0.3 is 19.0 Å². The SMILES string of the molecule is COc1cc(C(=O)N2CCN(C(=O)CCn3c(=O)oc4ccccc43)CC2)ccc1C. The van der Waals surface area contributed by atoms with E-state index in [1.807, 2.05) is 19.1 Å². The van der Waals surface area contributed by atoms with E-state index < -0.39 is 5.76 Å². The third kappa shape index (κ3) is 4.19. The Balaban J connectivity index is 1.34. The van der Waals surface area contributed by atoms with Crippen LogP contribution in [0, 0.1) is 6.92 Å². The first-order valence-electron chi connectivity index (χ1n) is 10.3. The van der Waals surface area contributed by atoms with Gasteiger partial charge in [-0.2, -0.15) is 0 Å². The molecule has 0 bridgehead atoms. The van der Waals surface area contributed by atoms with Gasteiger partial charge in [-0.05, 0) is 36.8 Å². The number of aromatic nitrogens is 1. The summed E-state index contributed by atoms with van der Waals surface area (Å²) in [6.07, 6.45) is 0.201. The maximum atomic E-state index is 12.8. The highest BCUT2D eigenvalue weighted by Gasteiger charge is 2.25. The fraction of sp³-hybridized carbons (Fsp3) is 0.348. The van der Waals surface area contributed by atoms with Crippen LogP contribution in [0.15, 0.2) is 51.7 Å². The van der Waals surface area contributed by atoms with Crippen molar-refractivity contribution in [3.63, 3.8) is 0 Å². The van der Waals surface area contributed by atoms with Crippen molar-refractivity contribution in [1.29, 1.82) is 0 Å². The molecule has 31 heavy (non-hydrogen) atoms. The third-order valence-corrected chi connectivity index (χ3v) is 5.70. The maximum Gasteiger partial charge on any atom is 0.419 e. The molecule has 0 radical (unpaired) electrons. The van der Waals surface area contributed by atoms with Crippen LogP contribution in [0.5, 0.6) is 5.75 Å². The molecule has 0 saturated carbocycles. The molecule has 8 nitrogen and oxygen atoms in total. The second-order valence-corrected chi connectivity index (χ2v) is 7.59. The topological polar surface area (TPSA) is 85.0 Å². The first-order chi connectivity index (χ1) is 15.0. The number of nitrogens with zero attached hydrogens (tertiary/aromatic N) is 3. The van der Waals surface area contributed by atoms with Crippen LogP contribution in [0.1, 0.15) is 22.3 Å². The Morgan fingerprint density at radius 2 is 1.74 bits per heavy atom. The van der Waals surface area contributed by atoms with Crippen LogP contribution < -0.4 is 10.5 Å². The molecule has 1 aliphatic heterocycles. The predicted molar refractivity (Wildman–Crippen MR) is 115 cm³/mol. The molecular formula is C23H25N3O5. The zero-order valence-electron chi connectivity index (χ0n) is 17.7. The van der Waals surface area contributed by atoms with E-state index in [-0.39, 0.29) is 24.8 Å². The molecule has 4 rings (SSSR count). The van der Waals surface area contributed by atoms with Crippen molar-refractivity contribution in [2.24, 2.45) is 0 Å². The number of benzene rings is 2. The van der Waals surface area contributed by atoms with Gasteiger partial charge in [0.15, 0.2) is 5.58 Å². The van der Waals surface area contributed by atoms with Gasteiger partial charge in [0.1, 0.15) is 5.75 Å².